The SMILES string of the molecule is CCCCCCCCC1CN2CCCN3CCCCCC132. The van der Waals surface area contributed by atoms with Gasteiger partial charge in [0.05, 0.1) is 5.66 Å². The fourth-order valence-electron chi connectivity index (χ4n) is 5.29. The molecule has 3 fully saturated rings. The van der Waals surface area contributed by atoms with Crippen molar-refractivity contribution in [2.45, 2.75) is 89.6 Å². The molecule has 0 radical (unpaired) electrons. The molecule has 0 aromatic heterocycles. The van der Waals surface area contributed by atoms with E-state index in [4.69, 9.17) is 0 Å². The summed E-state index contributed by atoms with van der Waals surface area (Å²) < 4.78 is 0. The second kappa shape index (κ2) is 7.46. The summed E-state index contributed by atoms with van der Waals surface area (Å²) in [6.45, 7) is 7.85. The van der Waals surface area contributed by atoms with Crippen molar-refractivity contribution in [1.29, 1.82) is 0 Å². The summed E-state index contributed by atoms with van der Waals surface area (Å²) in [6, 6.07) is 0. The summed E-state index contributed by atoms with van der Waals surface area (Å²) in [7, 11) is 0. The third-order valence-electron chi connectivity index (χ3n) is 6.42. The van der Waals surface area contributed by atoms with Crippen molar-refractivity contribution in [3.8, 4) is 0 Å². The zero-order chi connectivity index (χ0) is 14.5. The number of hydrogen-bond donors (Lipinski definition) is 0. The highest BCUT2D eigenvalue weighted by Gasteiger charge is 2.57. The van der Waals surface area contributed by atoms with Crippen LogP contribution >= 0.6 is 0 Å². The third kappa shape index (κ3) is 3.17. The third-order valence-corrected chi connectivity index (χ3v) is 6.42. The molecule has 3 heterocycles. The van der Waals surface area contributed by atoms with Crippen LogP contribution in [0.2, 0.25) is 0 Å². The van der Waals surface area contributed by atoms with Gasteiger partial charge in [-0.15, -0.1) is 0 Å². The first-order chi connectivity index (χ1) is 10.4. The van der Waals surface area contributed by atoms with Gasteiger partial charge in [0.15, 0.2) is 0 Å². The van der Waals surface area contributed by atoms with Gasteiger partial charge in [-0.25, -0.2) is 0 Å². The monoisotopic (exact) mass is 292 g/mol. The maximum absolute atomic E-state index is 2.90. The molecule has 2 atom stereocenters. The average molecular weight is 293 g/mol. The molecule has 2 heteroatoms. The number of nitrogens with zero attached hydrogens (tertiary/aromatic N) is 2. The van der Waals surface area contributed by atoms with Crippen LogP contribution in [0.3, 0.4) is 0 Å². The molecule has 3 aliphatic heterocycles. The lowest BCUT2D eigenvalue weighted by atomic mass is 9.72. The highest BCUT2D eigenvalue weighted by Crippen LogP contribution is 2.49. The van der Waals surface area contributed by atoms with Crippen molar-refractivity contribution in [2.24, 2.45) is 5.92 Å². The molecule has 3 rings (SSSR count). The van der Waals surface area contributed by atoms with Crippen LogP contribution in [0.25, 0.3) is 0 Å². The first-order valence-electron chi connectivity index (χ1n) is 9.88. The van der Waals surface area contributed by atoms with Crippen LogP contribution in [-0.2, 0) is 0 Å². The fourth-order valence-corrected chi connectivity index (χ4v) is 5.29. The lowest BCUT2D eigenvalue weighted by Gasteiger charge is -2.66. The summed E-state index contributed by atoms with van der Waals surface area (Å²) >= 11 is 0. The van der Waals surface area contributed by atoms with Crippen LogP contribution < -0.4 is 0 Å². The summed E-state index contributed by atoms with van der Waals surface area (Å²) in [6.07, 6.45) is 17.5. The van der Waals surface area contributed by atoms with Gasteiger partial charge in [0.25, 0.3) is 0 Å². The lowest BCUT2D eigenvalue weighted by molar-refractivity contribution is -0.210. The van der Waals surface area contributed by atoms with Crippen molar-refractivity contribution in [3.05, 3.63) is 0 Å². The van der Waals surface area contributed by atoms with E-state index in [1.54, 1.807) is 0 Å². The van der Waals surface area contributed by atoms with Gasteiger partial charge in [0.2, 0.25) is 0 Å². The molecule has 0 aliphatic carbocycles. The highest BCUT2D eigenvalue weighted by molar-refractivity contribution is 5.08. The quantitative estimate of drug-likeness (QED) is 0.630. The normalized spacial score (nSPS) is 33.9. The predicted octanol–water partition coefficient (Wildman–Crippen LogP) is 4.64. The van der Waals surface area contributed by atoms with E-state index >= 15 is 0 Å². The number of hydrogen-bond acceptors (Lipinski definition) is 2. The maximum Gasteiger partial charge on any atom is 0.0779 e. The van der Waals surface area contributed by atoms with E-state index in [1.165, 1.54) is 103 Å². The first kappa shape index (κ1) is 15.8. The minimum absolute atomic E-state index is 0.526. The highest BCUT2D eigenvalue weighted by atomic mass is 15.5. The molecule has 0 aromatic rings. The van der Waals surface area contributed by atoms with Gasteiger partial charge in [-0.05, 0) is 32.2 Å². The molecule has 1 spiro atoms. The van der Waals surface area contributed by atoms with Crippen LogP contribution in [0, 0.1) is 5.92 Å². The van der Waals surface area contributed by atoms with Crippen molar-refractivity contribution in [1.82, 2.24) is 9.80 Å². The maximum atomic E-state index is 2.90. The topological polar surface area (TPSA) is 6.48 Å². The Kier molecular flexibility index (Phi) is 5.61. The molecule has 122 valence electrons. The summed E-state index contributed by atoms with van der Waals surface area (Å²) in [5, 5.41) is 0. The molecular formula is C19H36N2. The van der Waals surface area contributed by atoms with Gasteiger partial charge in [0.1, 0.15) is 0 Å². The lowest BCUT2D eigenvalue weighted by Crippen LogP contribution is -2.77. The van der Waals surface area contributed by atoms with Gasteiger partial charge in [-0.3, -0.25) is 9.80 Å². The zero-order valence-electron chi connectivity index (χ0n) is 14.3. The molecule has 21 heavy (non-hydrogen) atoms. The Bertz CT molecular complexity index is 317. The minimum atomic E-state index is 0.526. The van der Waals surface area contributed by atoms with Crippen LogP contribution in [0.5, 0.6) is 0 Å². The van der Waals surface area contributed by atoms with E-state index in [0.29, 0.717) is 5.66 Å². The molecular weight excluding hydrogens is 256 g/mol. The van der Waals surface area contributed by atoms with Gasteiger partial charge >= 0.3 is 0 Å². The molecule has 3 aliphatic rings. The molecule has 3 saturated heterocycles. The van der Waals surface area contributed by atoms with E-state index in [2.05, 4.69) is 16.7 Å². The fraction of sp³-hybridized carbons (Fsp3) is 1.00. The number of unbranched alkanes of at least 4 members (excludes halogenated alkanes) is 5. The molecule has 0 bridgehead atoms. The summed E-state index contributed by atoms with van der Waals surface area (Å²) in [5.74, 6) is 0.988. The zero-order valence-corrected chi connectivity index (χ0v) is 14.3. The van der Waals surface area contributed by atoms with Gasteiger partial charge < -0.3 is 0 Å². The van der Waals surface area contributed by atoms with E-state index in [0.717, 1.165) is 5.92 Å². The Labute approximate surface area is 132 Å². The Hall–Kier alpha value is -0.0800. The molecule has 0 N–H and O–H groups in total. The standard InChI is InChI=1S/C19H36N2/c1-2-3-4-5-6-8-12-18-17-21-16-11-15-20-14-10-7-9-13-19(18,20)21/h18H,2-17H2,1H3. The second-order valence-corrected chi connectivity index (χ2v) is 7.73. The second-order valence-electron chi connectivity index (χ2n) is 7.73. The van der Waals surface area contributed by atoms with E-state index in [1.807, 2.05) is 0 Å². The van der Waals surface area contributed by atoms with Crippen LogP contribution in [-0.4, -0.2) is 41.6 Å². The van der Waals surface area contributed by atoms with Gasteiger partial charge in [-0.1, -0.05) is 58.3 Å². The average Bonchev–Trinajstić information content (AvgIpc) is 2.72. The molecule has 2 unspecified atom stereocenters. The van der Waals surface area contributed by atoms with E-state index < -0.39 is 0 Å². The predicted molar refractivity (Wildman–Crippen MR) is 90.4 cm³/mol. The smallest absolute Gasteiger partial charge is 0.0779 e. The Morgan fingerprint density at radius 3 is 2.48 bits per heavy atom. The van der Waals surface area contributed by atoms with Crippen molar-refractivity contribution >= 4 is 0 Å². The Morgan fingerprint density at radius 1 is 0.810 bits per heavy atom. The largest absolute Gasteiger partial charge is 0.285 e. The molecule has 0 amide bonds. The van der Waals surface area contributed by atoms with Crippen molar-refractivity contribution < 1.29 is 0 Å². The minimum Gasteiger partial charge on any atom is -0.285 e. The summed E-state index contributed by atoms with van der Waals surface area (Å²) in [5.41, 5.74) is 0.526. The molecule has 0 aromatic carbocycles. The number of rotatable bonds is 7. The van der Waals surface area contributed by atoms with Crippen LogP contribution in [0.1, 0.15) is 84.0 Å². The van der Waals surface area contributed by atoms with Gasteiger partial charge in [-0.2, -0.15) is 0 Å². The van der Waals surface area contributed by atoms with E-state index in [9.17, 15) is 0 Å². The van der Waals surface area contributed by atoms with Crippen LogP contribution in [0.15, 0.2) is 0 Å². The van der Waals surface area contributed by atoms with Crippen LogP contribution in [0.4, 0.5) is 0 Å². The first-order valence-corrected chi connectivity index (χ1v) is 9.88. The van der Waals surface area contributed by atoms with Gasteiger partial charge in [0, 0.05) is 25.6 Å². The summed E-state index contributed by atoms with van der Waals surface area (Å²) in [4.78, 5) is 5.75. The molecule has 0 saturated carbocycles. The Balaban J connectivity index is 1.49. The van der Waals surface area contributed by atoms with Crippen molar-refractivity contribution in [2.75, 3.05) is 26.2 Å². The Morgan fingerprint density at radius 2 is 1.57 bits per heavy atom. The molecule has 2 nitrogen and oxygen atoms in total. The van der Waals surface area contributed by atoms with Crippen molar-refractivity contribution in [3.63, 3.8) is 0 Å². The van der Waals surface area contributed by atoms with E-state index in [-0.39, 0.29) is 0 Å².